The van der Waals surface area contributed by atoms with E-state index in [4.69, 9.17) is 15.2 Å². The van der Waals surface area contributed by atoms with Crippen LogP contribution in [0.15, 0.2) is 24.3 Å². The number of rotatable bonds is 4. The lowest BCUT2D eigenvalue weighted by Gasteiger charge is -2.19. The number of esters is 1. The molecule has 0 aliphatic carbocycles. The van der Waals surface area contributed by atoms with Crippen molar-refractivity contribution >= 4 is 11.7 Å². The molecule has 0 saturated heterocycles. The average molecular weight is 237 g/mol. The molecule has 0 amide bonds. The Bertz CT molecular complexity index is 382. The lowest BCUT2D eigenvalue weighted by atomic mass is 10.2. The first-order valence-corrected chi connectivity index (χ1v) is 5.55. The number of hydrogen-bond acceptors (Lipinski definition) is 4. The van der Waals surface area contributed by atoms with E-state index in [0.717, 1.165) is 0 Å². The summed E-state index contributed by atoms with van der Waals surface area (Å²) in [5, 5.41) is 0. The summed E-state index contributed by atoms with van der Waals surface area (Å²) in [5.74, 6) is -0.380. The summed E-state index contributed by atoms with van der Waals surface area (Å²) in [4.78, 5) is 11.6. The van der Waals surface area contributed by atoms with Crippen LogP contribution in [0.4, 0.5) is 5.69 Å². The summed E-state index contributed by atoms with van der Waals surface area (Å²) in [7, 11) is 0. The van der Waals surface area contributed by atoms with Crippen molar-refractivity contribution in [2.45, 2.75) is 26.4 Å². The monoisotopic (exact) mass is 237 g/mol. The van der Waals surface area contributed by atoms with Gasteiger partial charge in [-0.25, -0.2) is 4.79 Å². The van der Waals surface area contributed by atoms with E-state index in [9.17, 15) is 4.79 Å². The Balaban J connectivity index is 2.36. The average Bonchev–Trinajstić information content (AvgIpc) is 2.23. The van der Waals surface area contributed by atoms with Crippen molar-refractivity contribution in [3.8, 4) is 0 Å². The standard InChI is InChI=1S/C13H19NO3/c1-13(2,3)17-8-7-16-12(15)10-5-4-6-11(14)9-10/h4-6,9H,7-8,14H2,1-3H3. The quantitative estimate of drug-likeness (QED) is 0.495. The van der Waals surface area contributed by atoms with Gasteiger partial charge >= 0.3 is 5.97 Å². The second-order valence-corrected chi connectivity index (χ2v) is 4.72. The zero-order valence-electron chi connectivity index (χ0n) is 10.5. The predicted octanol–water partition coefficient (Wildman–Crippen LogP) is 2.24. The Morgan fingerprint density at radius 2 is 2.00 bits per heavy atom. The summed E-state index contributed by atoms with van der Waals surface area (Å²) in [6, 6.07) is 6.70. The number of nitrogens with two attached hydrogens (primary N) is 1. The minimum Gasteiger partial charge on any atom is -0.460 e. The van der Waals surface area contributed by atoms with Gasteiger partial charge < -0.3 is 15.2 Å². The Labute approximate surface area is 102 Å². The van der Waals surface area contributed by atoms with Crippen LogP contribution >= 0.6 is 0 Å². The van der Waals surface area contributed by atoms with Gasteiger partial charge in [0.1, 0.15) is 6.61 Å². The van der Waals surface area contributed by atoms with Crippen molar-refractivity contribution in [3.63, 3.8) is 0 Å². The molecular formula is C13H19NO3. The Hall–Kier alpha value is -1.55. The molecule has 2 N–H and O–H groups in total. The highest BCUT2D eigenvalue weighted by Gasteiger charge is 2.11. The van der Waals surface area contributed by atoms with Crippen molar-refractivity contribution in [2.24, 2.45) is 0 Å². The van der Waals surface area contributed by atoms with E-state index in [1.165, 1.54) is 0 Å². The van der Waals surface area contributed by atoms with Crippen LogP contribution in [0.5, 0.6) is 0 Å². The van der Waals surface area contributed by atoms with Crippen molar-refractivity contribution < 1.29 is 14.3 Å². The van der Waals surface area contributed by atoms with Gasteiger partial charge in [0.15, 0.2) is 0 Å². The molecule has 0 aliphatic rings. The van der Waals surface area contributed by atoms with Crippen LogP contribution in [0.2, 0.25) is 0 Å². The highest BCUT2D eigenvalue weighted by atomic mass is 16.6. The molecule has 17 heavy (non-hydrogen) atoms. The summed E-state index contributed by atoms with van der Waals surface area (Å²) < 4.78 is 10.5. The summed E-state index contributed by atoms with van der Waals surface area (Å²) >= 11 is 0. The van der Waals surface area contributed by atoms with Crippen LogP contribution in [0, 0.1) is 0 Å². The fraction of sp³-hybridized carbons (Fsp3) is 0.462. The first-order valence-electron chi connectivity index (χ1n) is 5.55. The minimum absolute atomic E-state index is 0.219. The molecule has 4 heteroatoms. The SMILES string of the molecule is CC(C)(C)OCCOC(=O)c1cccc(N)c1. The predicted molar refractivity (Wildman–Crippen MR) is 66.8 cm³/mol. The number of nitrogen functional groups attached to an aromatic ring is 1. The third kappa shape index (κ3) is 5.36. The molecule has 4 nitrogen and oxygen atoms in total. The van der Waals surface area contributed by atoms with Crippen LogP contribution in [0.3, 0.4) is 0 Å². The van der Waals surface area contributed by atoms with E-state index >= 15 is 0 Å². The van der Waals surface area contributed by atoms with Crippen LogP contribution in [0.1, 0.15) is 31.1 Å². The van der Waals surface area contributed by atoms with E-state index in [2.05, 4.69) is 0 Å². The van der Waals surface area contributed by atoms with Crippen molar-refractivity contribution in [1.82, 2.24) is 0 Å². The molecule has 1 rings (SSSR count). The van der Waals surface area contributed by atoms with Gasteiger partial charge in [0.05, 0.1) is 17.8 Å². The summed E-state index contributed by atoms with van der Waals surface area (Å²) in [5.41, 5.74) is 6.36. The molecule has 0 spiro atoms. The van der Waals surface area contributed by atoms with Crippen LogP contribution in [-0.2, 0) is 9.47 Å². The molecule has 1 aromatic rings. The molecule has 0 heterocycles. The lowest BCUT2D eigenvalue weighted by molar-refractivity contribution is -0.0281. The Morgan fingerprint density at radius 1 is 1.29 bits per heavy atom. The molecule has 0 fully saturated rings. The van der Waals surface area contributed by atoms with Crippen LogP contribution < -0.4 is 5.73 Å². The van der Waals surface area contributed by atoms with E-state index in [0.29, 0.717) is 17.9 Å². The highest BCUT2D eigenvalue weighted by Crippen LogP contribution is 2.09. The summed E-state index contributed by atoms with van der Waals surface area (Å²) in [6.07, 6.45) is 0. The molecule has 1 aromatic carbocycles. The Morgan fingerprint density at radius 3 is 2.59 bits per heavy atom. The Kier molecular flexibility index (Phi) is 4.52. The molecule has 0 aromatic heterocycles. The van der Waals surface area contributed by atoms with Gasteiger partial charge in [-0.2, -0.15) is 0 Å². The lowest BCUT2D eigenvalue weighted by Crippen LogP contribution is -2.22. The molecular weight excluding hydrogens is 218 g/mol. The fourth-order valence-corrected chi connectivity index (χ4v) is 1.23. The number of hydrogen-bond donors (Lipinski definition) is 1. The number of carbonyl (C=O) groups excluding carboxylic acids is 1. The van der Waals surface area contributed by atoms with Crippen molar-refractivity contribution in [2.75, 3.05) is 18.9 Å². The molecule has 0 aliphatic heterocycles. The van der Waals surface area contributed by atoms with Gasteiger partial charge in [-0.1, -0.05) is 6.07 Å². The zero-order valence-corrected chi connectivity index (χ0v) is 10.5. The van der Waals surface area contributed by atoms with Gasteiger partial charge in [0.2, 0.25) is 0 Å². The molecule has 0 atom stereocenters. The third-order valence-electron chi connectivity index (χ3n) is 1.97. The van der Waals surface area contributed by atoms with Gasteiger partial charge in [-0.05, 0) is 39.0 Å². The van der Waals surface area contributed by atoms with Crippen LogP contribution in [-0.4, -0.2) is 24.8 Å². The first kappa shape index (κ1) is 13.5. The summed E-state index contributed by atoms with van der Waals surface area (Å²) in [6.45, 7) is 6.48. The van der Waals surface area contributed by atoms with E-state index in [1.807, 2.05) is 20.8 Å². The number of anilines is 1. The van der Waals surface area contributed by atoms with Gasteiger partial charge in [-0.3, -0.25) is 0 Å². The van der Waals surface area contributed by atoms with Crippen LogP contribution in [0.25, 0.3) is 0 Å². The second kappa shape index (κ2) is 5.68. The largest absolute Gasteiger partial charge is 0.460 e. The van der Waals surface area contributed by atoms with Gasteiger partial charge in [-0.15, -0.1) is 0 Å². The maximum absolute atomic E-state index is 11.6. The van der Waals surface area contributed by atoms with E-state index in [-0.39, 0.29) is 18.2 Å². The molecule has 0 saturated carbocycles. The normalized spacial score (nSPS) is 11.2. The van der Waals surface area contributed by atoms with Crippen molar-refractivity contribution in [3.05, 3.63) is 29.8 Å². The van der Waals surface area contributed by atoms with E-state index in [1.54, 1.807) is 24.3 Å². The maximum atomic E-state index is 11.6. The molecule has 0 radical (unpaired) electrons. The van der Waals surface area contributed by atoms with E-state index < -0.39 is 0 Å². The highest BCUT2D eigenvalue weighted by molar-refractivity contribution is 5.90. The minimum atomic E-state index is -0.380. The first-order chi connectivity index (χ1) is 7.88. The van der Waals surface area contributed by atoms with Gasteiger partial charge in [0, 0.05) is 5.69 Å². The number of ether oxygens (including phenoxy) is 2. The molecule has 0 bridgehead atoms. The topological polar surface area (TPSA) is 61.5 Å². The molecule has 94 valence electrons. The fourth-order valence-electron chi connectivity index (χ4n) is 1.23. The maximum Gasteiger partial charge on any atom is 0.338 e. The number of carbonyl (C=O) groups is 1. The van der Waals surface area contributed by atoms with Crippen molar-refractivity contribution in [1.29, 1.82) is 0 Å². The smallest absolute Gasteiger partial charge is 0.338 e. The second-order valence-electron chi connectivity index (χ2n) is 4.72. The zero-order chi connectivity index (χ0) is 12.9. The van der Waals surface area contributed by atoms with Gasteiger partial charge in [0.25, 0.3) is 0 Å². The molecule has 0 unspecified atom stereocenters. The number of benzene rings is 1. The third-order valence-corrected chi connectivity index (χ3v) is 1.97.